The summed E-state index contributed by atoms with van der Waals surface area (Å²) in [5.41, 5.74) is 2.86. The summed E-state index contributed by atoms with van der Waals surface area (Å²) in [6.45, 7) is 5.45. The summed E-state index contributed by atoms with van der Waals surface area (Å²) in [6.07, 6.45) is 2.24. The van der Waals surface area contributed by atoms with Crippen LogP contribution in [0, 0.1) is 0 Å². The molecule has 2 aromatic carbocycles. The van der Waals surface area contributed by atoms with Gasteiger partial charge < -0.3 is 5.32 Å². The molecule has 0 fully saturated rings. The predicted molar refractivity (Wildman–Crippen MR) is 89.8 cm³/mol. The highest BCUT2D eigenvalue weighted by Crippen LogP contribution is 2.16. The van der Waals surface area contributed by atoms with E-state index in [1.54, 1.807) is 0 Å². The third-order valence-corrected chi connectivity index (χ3v) is 4.03. The van der Waals surface area contributed by atoms with Crippen LogP contribution in [0.4, 0.5) is 0 Å². The van der Waals surface area contributed by atoms with Gasteiger partial charge in [-0.15, -0.1) is 0 Å². The number of rotatable bonds is 6. The van der Waals surface area contributed by atoms with E-state index in [4.69, 9.17) is 0 Å². The molecular formula is C18H22BrN. The molecule has 20 heavy (non-hydrogen) atoms. The second-order valence-electron chi connectivity index (χ2n) is 5.85. The van der Waals surface area contributed by atoms with Crippen LogP contribution in [0.3, 0.4) is 0 Å². The highest BCUT2D eigenvalue weighted by molar-refractivity contribution is 9.10. The molecule has 106 valence electrons. The highest BCUT2D eigenvalue weighted by atomic mass is 79.9. The van der Waals surface area contributed by atoms with Gasteiger partial charge in [0.15, 0.2) is 0 Å². The van der Waals surface area contributed by atoms with Crippen LogP contribution < -0.4 is 5.32 Å². The molecule has 0 spiro atoms. The zero-order valence-corrected chi connectivity index (χ0v) is 13.8. The lowest BCUT2D eigenvalue weighted by atomic mass is 9.95. The van der Waals surface area contributed by atoms with Crippen molar-refractivity contribution in [2.45, 2.75) is 38.8 Å². The highest BCUT2D eigenvalue weighted by Gasteiger charge is 2.16. The van der Waals surface area contributed by atoms with Gasteiger partial charge in [-0.2, -0.15) is 0 Å². The van der Waals surface area contributed by atoms with Gasteiger partial charge in [-0.25, -0.2) is 0 Å². The van der Waals surface area contributed by atoms with Gasteiger partial charge in [0.05, 0.1) is 0 Å². The maximum Gasteiger partial charge on any atom is 0.0210 e. The van der Waals surface area contributed by atoms with E-state index < -0.39 is 0 Å². The lowest BCUT2D eigenvalue weighted by Gasteiger charge is -2.26. The van der Waals surface area contributed by atoms with E-state index in [-0.39, 0.29) is 5.54 Å². The first-order valence-electron chi connectivity index (χ1n) is 7.09. The molecule has 1 nitrogen and oxygen atoms in total. The molecule has 0 saturated carbocycles. The molecule has 0 amide bonds. The lowest BCUT2D eigenvalue weighted by Crippen LogP contribution is -2.39. The van der Waals surface area contributed by atoms with Gasteiger partial charge in [-0.3, -0.25) is 0 Å². The summed E-state index contributed by atoms with van der Waals surface area (Å²) in [6, 6.07) is 19.1. The molecule has 0 heterocycles. The smallest absolute Gasteiger partial charge is 0.0210 e. The first-order chi connectivity index (χ1) is 9.55. The van der Waals surface area contributed by atoms with Gasteiger partial charge in [0.2, 0.25) is 0 Å². The van der Waals surface area contributed by atoms with Crippen molar-refractivity contribution in [2.24, 2.45) is 0 Å². The van der Waals surface area contributed by atoms with Crippen molar-refractivity contribution >= 4 is 15.9 Å². The van der Waals surface area contributed by atoms with Crippen molar-refractivity contribution in [3.8, 4) is 0 Å². The van der Waals surface area contributed by atoms with Gasteiger partial charge >= 0.3 is 0 Å². The summed E-state index contributed by atoms with van der Waals surface area (Å²) < 4.78 is 1.14. The Morgan fingerprint density at radius 2 is 1.65 bits per heavy atom. The molecule has 0 aliphatic rings. The Morgan fingerprint density at radius 3 is 2.35 bits per heavy atom. The Balaban J connectivity index is 1.84. The van der Waals surface area contributed by atoms with E-state index in [1.165, 1.54) is 11.1 Å². The third-order valence-electron chi connectivity index (χ3n) is 3.54. The quantitative estimate of drug-likeness (QED) is 0.789. The molecule has 0 aliphatic heterocycles. The topological polar surface area (TPSA) is 12.0 Å². The van der Waals surface area contributed by atoms with Crippen LogP contribution in [-0.2, 0) is 13.0 Å². The second-order valence-corrected chi connectivity index (χ2v) is 6.77. The van der Waals surface area contributed by atoms with Crippen molar-refractivity contribution in [3.05, 3.63) is 70.2 Å². The zero-order valence-electron chi connectivity index (χ0n) is 12.2. The molecule has 0 radical (unpaired) electrons. The molecule has 0 aliphatic carbocycles. The van der Waals surface area contributed by atoms with Crippen LogP contribution in [0.1, 0.15) is 31.4 Å². The van der Waals surface area contributed by atoms with Gasteiger partial charge in [-0.05, 0) is 49.9 Å². The van der Waals surface area contributed by atoms with E-state index >= 15 is 0 Å². The van der Waals surface area contributed by atoms with E-state index in [1.807, 2.05) is 0 Å². The summed E-state index contributed by atoms with van der Waals surface area (Å²) >= 11 is 3.52. The summed E-state index contributed by atoms with van der Waals surface area (Å²) in [5, 5.41) is 3.65. The Bertz CT molecular complexity index is 534. The Kier molecular flexibility index (Phi) is 5.38. The first kappa shape index (κ1) is 15.3. The van der Waals surface area contributed by atoms with E-state index in [0.29, 0.717) is 0 Å². The number of aryl methyl sites for hydroxylation is 1. The van der Waals surface area contributed by atoms with Gasteiger partial charge in [0.25, 0.3) is 0 Å². The van der Waals surface area contributed by atoms with Crippen molar-refractivity contribution in [2.75, 3.05) is 0 Å². The summed E-state index contributed by atoms with van der Waals surface area (Å²) in [4.78, 5) is 0. The van der Waals surface area contributed by atoms with Crippen LogP contribution in [0.25, 0.3) is 0 Å². The maximum atomic E-state index is 3.65. The minimum atomic E-state index is 0.137. The van der Waals surface area contributed by atoms with Crippen molar-refractivity contribution < 1.29 is 0 Å². The van der Waals surface area contributed by atoms with E-state index in [9.17, 15) is 0 Å². The van der Waals surface area contributed by atoms with Crippen molar-refractivity contribution in [1.82, 2.24) is 5.32 Å². The fourth-order valence-electron chi connectivity index (χ4n) is 2.18. The zero-order chi connectivity index (χ0) is 14.4. The SMILES string of the molecule is CC(C)(CCc1ccccc1)NCc1cccc(Br)c1. The molecular weight excluding hydrogens is 310 g/mol. The maximum absolute atomic E-state index is 3.65. The molecule has 0 aromatic heterocycles. The average molecular weight is 332 g/mol. The Labute approximate surface area is 130 Å². The monoisotopic (exact) mass is 331 g/mol. The van der Waals surface area contributed by atoms with E-state index in [2.05, 4.69) is 89.7 Å². The molecule has 0 bridgehead atoms. The number of halogens is 1. The van der Waals surface area contributed by atoms with Crippen LogP contribution in [0.2, 0.25) is 0 Å². The fraction of sp³-hybridized carbons (Fsp3) is 0.333. The first-order valence-corrected chi connectivity index (χ1v) is 7.88. The Morgan fingerprint density at radius 1 is 0.950 bits per heavy atom. The predicted octanol–water partition coefficient (Wildman–Crippen LogP) is 4.95. The largest absolute Gasteiger partial charge is 0.308 e. The molecule has 0 atom stereocenters. The van der Waals surface area contributed by atoms with Crippen molar-refractivity contribution in [3.63, 3.8) is 0 Å². The third kappa shape index (κ3) is 5.10. The minimum Gasteiger partial charge on any atom is -0.308 e. The number of benzene rings is 2. The average Bonchev–Trinajstić information content (AvgIpc) is 2.45. The number of hydrogen-bond acceptors (Lipinski definition) is 1. The molecule has 2 heteroatoms. The molecule has 2 aromatic rings. The van der Waals surface area contributed by atoms with Gasteiger partial charge in [-0.1, -0.05) is 58.4 Å². The normalized spacial score (nSPS) is 11.6. The Hall–Kier alpha value is -1.12. The summed E-state index contributed by atoms with van der Waals surface area (Å²) in [5.74, 6) is 0. The molecule has 0 saturated heterocycles. The lowest BCUT2D eigenvalue weighted by molar-refractivity contribution is 0.360. The molecule has 2 rings (SSSR count). The fourth-order valence-corrected chi connectivity index (χ4v) is 2.62. The number of nitrogens with one attached hydrogen (secondary N) is 1. The standard InChI is InChI=1S/C18H22BrN/c1-18(2,12-11-15-7-4-3-5-8-15)20-14-16-9-6-10-17(19)13-16/h3-10,13,20H,11-12,14H2,1-2H3. The van der Waals surface area contributed by atoms with Crippen LogP contribution in [-0.4, -0.2) is 5.54 Å². The van der Waals surface area contributed by atoms with E-state index in [0.717, 1.165) is 23.9 Å². The van der Waals surface area contributed by atoms with Crippen molar-refractivity contribution in [1.29, 1.82) is 0 Å². The molecule has 1 N–H and O–H groups in total. The number of hydrogen-bond donors (Lipinski definition) is 1. The van der Waals surface area contributed by atoms with Crippen LogP contribution in [0.15, 0.2) is 59.1 Å². The minimum absolute atomic E-state index is 0.137. The van der Waals surface area contributed by atoms with Crippen LogP contribution >= 0.6 is 15.9 Å². The summed E-state index contributed by atoms with van der Waals surface area (Å²) in [7, 11) is 0. The van der Waals surface area contributed by atoms with Crippen LogP contribution in [0.5, 0.6) is 0 Å². The second kappa shape index (κ2) is 7.05. The van der Waals surface area contributed by atoms with Gasteiger partial charge in [0, 0.05) is 16.6 Å². The van der Waals surface area contributed by atoms with Gasteiger partial charge in [0.1, 0.15) is 0 Å². The molecule has 0 unspecified atom stereocenters.